The number of methoxy groups -OCH3 is 2. The van der Waals surface area contributed by atoms with Gasteiger partial charge in [-0.05, 0) is 0 Å². The van der Waals surface area contributed by atoms with Gasteiger partial charge < -0.3 is 19.3 Å². The van der Waals surface area contributed by atoms with E-state index in [1.807, 2.05) is 0 Å². The van der Waals surface area contributed by atoms with E-state index in [1.54, 1.807) is 4.72 Å². The zero-order valence-electron chi connectivity index (χ0n) is 11.5. The molecule has 0 amide bonds. The molecule has 1 aliphatic rings. The first-order valence-electron chi connectivity index (χ1n) is 5.74. The Hall–Kier alpha value is -0.100. The summed E-state index contributed by atoms with van der Waals surface area (Å²) in [4.78, 5) is 0. The van der Waals surface area contributed by atoms with Gasteiger partial charge in [0.1, 0.15) is 24.4 Å². The van der Waals surface area contributed by atoms with Gasteiger partial charge in [0, 0.05) is 14.2 Å². The van der Waals surface area contributed by atoms with E-state index < -0.39 is 40.9 Å². The van der Waals surface area contributed by atoms with Crippen molar-refractivity contribution in [2.45, 2.75) is 30.6 Å². The SMILES string of the molecule is CO[C@@H]1OC(COSOOO)[C@H](OC)[C@H](O)C1NS(=O)(=O)O. The molecule has 4 N–H and O–H groups in total. The van der Waals surface area contributed by atoms with Crippen molar-refractivity contribution < 1.29 is 51.1 Å². The van der Waals surface area contributed by atoms with Crippen molar-refractivity contribution in [3.8, 4) is 0 Å². The molecular formula is C8H17NO11S2. The molecule has 5 atom stereocenters. The molecule has 0 aliphatic carbocycles. The quantitative estimate of drug-likeness (QED) is 0.123. The zero-order chi connectivity index (χ0) is 16.8. The summed E-state index contributed by atoms with van der Waals surface area (Å²) in [5.74, 6) is 0. The summed E-state index contributed by atoms with van der Waals surface area (Å²) in [6.07, 6.45) is -4.48. The van der Waals surface area contributed by atoms with Gasteiger partial charge in [0.05, 0.1) is 6.61 Å². The van der Waals surface area contributed by atoms with Crippen molar-refractivity contribution in [3.63, 3.8) is 0 Å². The van der Waals surface area contributed by atoms with Gasteiger partial charge in [-0.3, -0.25) is 8.74 Å². The zero-order valence-corrected chi connectivity index (χ0v) is 13.2. The molecule has 0 aromatic heterocycles. The van der Waals surface area contributed by atoms with Gasteiger partial charge >= 0.3 is 10.3 Å². The molecule has 0 spiro atoms. The second kappa shape index (κ2) is 9.26. The molecule has 1 aliphatic heterocycles. The Kier molecular flexibility index (Phi) is 8.39. The van der Waals surface area contributed by atoms with Crippen LogP contribution in [0.2, 0.25) is 0 Å². The number of rotatable bonds is 9. The fraction of sp³-hybridized carbons (Fsp3) is 1.00. The predicted molar refractivity (Wildman–Crippen MR) is 69.3 cm³/mol. The van der Waals surface area contributed by atoms with Crippen LogP contribution in [0.25, 0.3) is 0 Å². The Balaban J connectivity index is 2.76. The Bertz CT molecular complexity index is 420. The monoisotopic (exact) mass is 367 g/mol. The topological polar surface area (TPSA) is 162 Å². The van der Waals surface area contributed by atoms with E-state index in [-0.39, 0.29) is 6.61 Å². The van der Waals surface area contributed by atoms with Crippen LogP contribution in [0.3, 0.4) is 0 Å². The Morgan fingerprint density at radius 1 is 1.32 bits per heavy atom. The van der Waals surface area contributed by atoms with Crippen LogP contribution < -0.4 is 4.72 Å². The van der Waals surface area contributed by atoms with E-state index in [0.717, 1.165) is 0 Å². The van der Waals surface area contributed by atoms with Crippen LogP contribution in [0.15, 0.2) is 0 Å². The van der Waals surface area contributed by atoms with Gasteiger partial charge in [-0.25, -0.2) is 5.26 Å². The highest BCUT2D eigenvalue weighted by Crippen LogP contribution is 2.25. The Morgan fingerprint density at radius 3 is 2.50 bits per heavy atom. The average Bonchev–Trinajstić information content (AvgIpc) is 2.45. The molecule has 0 bridgehead atoms. The molecule has 12 nitrogen and oxygen atoms in total. The molecule has 1 fully saturated rings. The second-order valence-corrected chi connectivity index (χ2v) is 5.78. The number of hydrogen-bond donors (Lipinski definition) is 4. The Labute approximate surface area is 130 Å². The molecule has 0 aromatic carbocycles. The van der Waals surface area contributed by atoms with Gasteiger partial charge in [0.25, 0.3) is 0 Å². The largest absolute Gasteiger partial charge is 0.388 e. The summed E-state index contributed by atoms with van der Waals surface area (Å²) >= 11 is 0.299. The lowest BCUT2D eigenvalue weighted by atomic mass is 9.97. The first-order valence-corrected chi connectivity index (χ1v) is 7.85. The van der Waals surface area contributed by atoms with Crippen LogP contribution in [-0.4, -0.2) is 74.8 Å². The molecule has 0 aromatic rings. The van der Waals surface area contributed by atoms with Crippen molar-refractivity contribution in [1.29, 1.82) is 0 Å². The maximum atomic E-state index is 10.9. The highest BCUT2D eigenvalue weighted by atomic mass is 32.2. The van der Waals surface area contributed by atoms with Crippen LogP contribution in [0, 0.1) is 0 Å². The molecule has 14 heteroatoms. The van der Waals surface area contributed by atoms with Crippen molar-refractivity contribution in [2.75, 3.05) is 20.8 Å². The maximum absolute atomic E-state index is 10.9. The van der Waals surface area contributed by atoms with E-state index in [4.69, 9.17) is 28.2 Å². The number of nitrogens with one attached hydrogen (secondary N) is 1. The molecule has 1 saturated heterocycles. The lowest BCUT2D eigenvalue weighted by Crippen LogP contribution is -2.64. The number of hydrogen-bond acceptors (Lipinski definition) is 11. The minimum Gasteiger partial charge on any atom is -0.388 e. The fourth-order valence-electron chi connectivity index (χ4n) is 1.97. The van der Waals surface area contributed by atoms with E-state index in [2.05, 4.69) is 9.37 Å². The van der Waals surface area contributed by atoms with Crippen LogP contribution in [0.1, 0.15) is 0 Å². The number of aliphatic hydroxyl groups excluding tert-OH is 1. The fourth-order valence-corrected chi connectivity index (χ4v) is 2.82. The van der Waals surface area contributed by atoms with Crippen molar-refractivity contribution in [1.82, 2.24) is 4.72 Å². The number of aliphatic hydroxyl groups is 1. The third kappa shape index (κ3) is 5.84. The minimum atomic E-state index is -4.60. The number of ether oxygens (including phenoxy) is 3. The summed E-state index contributed by atoms with van der Waals surface area (Å²) in [6.45, 7) is -0.179. The van der Waals surface area contributed by atoms with Gasteiger partial charge in [0.2, 0.25) is 0 Å². The summed E-state index contributed by atoms with van der Waals surface area (Å²) in [5, 5.41) is 21.4. The third-order valence-electron chi connectivity index (χ3n) is 2.80. The summed E-state index contributed by atoms with van der Waals surface area (Å²) in [6, 6.07) is -1.30. The highest BCUT2D eigenvalue weighted by molar-refractivity contribution is 7.89. The molecule has 1 rings (SSSR count). The second-order valence-electron chi connectivity index (χ2n) is 4.08. The van der Waals surface area contributed by atoms with E-state index in [1.165, 1.54) is 14.2 Å². The van der Waals surface area contributed by atoms with Crippen molar-refractivity contribution >= 4 is 22.6 Å². The van der Waals surface area contributed by atoms with Gasteiger partial charge in [0.15, 0.2) is 18.6 Å². The summed E-state index contributed by atoms with van der Waals surface area (Å²) < 4.78 is 56.8. The average molecular weight is 367 g/mol. The standard InChI is InChI=1S/C8H17NO11S2/c1-15-7-4(3-17-21-20-19-11)18-8(16-2)5(6(7)10)9-22(12,13)14/h4-11H,3H2,1-2H3,(H,12,13,14)/t4?,5?,6-,7+,8-/m1/s1. The Morgan fingerprint density at radius 2 is 2.00 bits per heavy atom. The normalized spacial score (nSPS) is 33.0. The van der Waals surface area contributed by atoms with E-state index in [9.17, 15) is 13.5 Å². The van der Waals surface area contributed by atoms with E-state index >= 15 is 0 Å². The molecule has 0 radical (unpaired) electrons. The molecule has 1 heterocycles. The summed E-state index contributed by atoms with van der Waals surface area (Å²) in [7, 11) is -2.11. The third-order valence-corrected chi connectivity index (χ3v) is 3.72. The van der Waals surface area contributed by atoms with Crippen LogP contribution in [0.4, 0.5) is 0 Å². The molecule has 22 heavy (non-hydrogen) atoms. The molecular weight excluding hydrogens is 350 g/mol. The minimum absolute atomic E-state index is 0.179. The van der Waals surface area contributed by atoms with Gasteiger partial charge in [-0.2, -0.15) is 13.1 Å². The smallest absolute Gasteiger partial charge is 0.333 e. The molecule has 132 valence electrons. The maximum Gasteiger partial charge on any atom is 0.333 e. The van der Waals surface area contributed by atoms with Crippen molar-refractivity contribution in [2.24, 2.45) is 0 Å². The summed E-state index contributed by atoms with van der Waals surface area (Å²) in [5.41, 5.74) is 0. The molecule has 0 saturated carbocycles. The van der Waals surface area contributed by atoms with Gasteiger partial charge in [-0.1, -0.05) is 5.04 Å². The first-order chi connectivity index (χ1) is 10.3. The van der Waals surface area contributed by atoms with Crippen LogP contribution >= 0.6 is 12.3 Å². The molecule has 2 unspecified atom stereocenters. The van der Waals surface area contributed by atoms with E-state index in [0.29, 0.717) is 12.3 Å². The van der Waals surface area contributed by atoms with Crippen LogP contribution in [0.5, 0.6) is 0 Å². The lowest BCUT2D eigenvalue weighted by Gasteiger charge is -2.42. The van der Waals surface area contributed by atoms with Gasteiger partial charge in [-0.15, -0.1) is 4.33 Å². The highest BCUT2D eigenvalue weighted by Gasteiger charge is 2.47. The van der Waals surface area contributed by atoms with Crippen LogP contribution in [-0.2, 0) is 38.1 Å². The lowest BCUT2D eigenvalue weighted by molar-refractivity contribution is -0.434. The predicted octanol–water partition coefficient (Wildman–Crippen LogP) is -1.50. The first kappa shape index (κ1) is 19.9. The van der Waals surface area contributed by atoms with Crippen molar-refractivity contribution in [3.05, 3.63) is 0 Å².